The minimum atomic E-state index is -0.460. The van der Waals surface area contributed by atoms with Crippen LogP contribution >= 0.6 is 11.3 Å². The van der Waals surface area contributed by atoms with E-state index in [1.807, 2.05) is 12.1 Å². The molecule has 3 rings (SSSR count). The van der Waals surface area contributed by atoms with Crippen molar-refractivity contribution in [1.82, 2.24) is 10.3 Å². The lowest BCUT2D eigenvalue weighted by Gasteiger charge is -2.29. The zero-order valence-electron chi connectivity index (χ0n) is 14.0. The number of aromatic nitrogens is 1. The Morgan fingerprint density at radius 2 is 2.16 bits per heavy atom. The number of hydrogen-bond donors (Lipinski definition) is 1. The van der Waals surface area contributed by atoms with E-state index in [4.69, 9.17) is 0 Å². The minimum absolute atomic E-state index is 0.00877. The van der Waals surface area contributed by atoms with Gasteiger partial charge in [-0.1, -0.05) is 6.07 Å². The van der Waals surface area contributed by atoms with Crippen molar-refractivity contribution in [2.24, 2.45) is 0 Å². The molecule has 2 aromatic heterocycles. The molecule has 1 N–H and O–H groups in total. The third-order valence-electron chi connectivity index (χ3n) is 4.27. The van der Waals surface area contributed by atoms with Gasteiger partial charge in [0.05, 0.1) is 14.7 Å². The van der Waals surface area contributed by atoms with Crippen LogP contribution < -0.4 is 10.2 Å². The molecular weight excluding hydrogens is 340 g/mol. The van der Waals surface area contributed by atoms with Crippen molar-refractivity contribution >= 4 is 28.7 Å². The number of nitrogens with one attached hydrogen (secondary N) is 1. The maximum absolute atomic E-state index is 12.3. The summed E-state index contributed by atoms with van der Waals surface area (Å²) < 4.78 is 0. The number of carbonyl (C=O) groups excluding carboxylic acids is 1. The number of carbonyl (C=O) groups is 1. The quantitative estimate of drug-likeness (QED) is 0.653. The first kappa shape index (κ1) is 17.3. The van der Waals surface area contributed by atoms with Crippen LogP contribution in [0.15, 0.2) is 24.4 Å². The van der Waals surface area contributed by atoms with Gasteiger partial charge in [0.25, 0.3) is 11.6 Å². The second-order valence-corrected chi connectivity index (χ2v) is 7.28. The zero-order chi connectivity index (χ0) is 17.8. The molecule has 25 heavy (non-hydrogen) atoms. The predicted octanol–water partition coefficient (Wildman–Crippen LogP) is 3.28. The molecule has 7 nitrogen and oxygen atoms in total. The molecule has 1 fully saturated rings. The van der Waals surface area contributed by atoms with E-state index in [0.29, 0.717) is 16.3 Å². The number of anilines is 1. The fraction of sp³-hybridized carbons (Fsp3) is 0.412. The van der Waals surface area contributed by atoms with Gasteiger partial charge in [0.15, 0.2) is 0 Å². The summed E-state index contributed by atoms with van der Waals surface area (Å²) in [4.78, 5) is 30.4. The van der Waals surface area contributed by atoms with Crippen LogP contribution in [0.3, 0.4) is 0 Å². The summed E-state index contributed by atoms with van der Waals surface area (Å²) in [7, 11) is 0. The highest BCUT2D eigenvalue weighted by Gasteiger charge is 2.20. The van der Waals surface area contributed by atoms with E-state index >= 15 is 0 Å². The number of hydrogen-bond acceptors (Lipinski definition) is 6. The van der Waals surface area contributed by atoms with Gasteiger partial charge >= 0.3 is 0 Å². The average Bonchev–Trinajstić information content (AvgIpc) is 3.03. The Labute approximate surface area is 149 Å². The van der Waals surface area contributed by atoms with Crippen LogP contribution in [0.4, 0.5) is 11.5 Å². The molecule has 0 bridgehead atoms. The SMILES string of the molecule is Cc1sc(C(=O)NCc2cccnc2N2CCCCC2)cc1[N+](=O)[O-]. The molecule has 1 amide bonds. The molecule has 132 valence electrons. The van der Waals surface area contributed by atoms with Crippen LogP contribution in [0.5, 0.6) is 0 Å². The van der Waals surface area contributed by atoms with E-state index in [1.165, 1.54) is 12.5 Å². The normalized spacial score (nSPS) is 14.4. The van der Waals surface area contributed by atoms with E-state index in [1.54, 1.807) is 13.1 Å². The maximum Gasteiger partial charge on any atom is 0.283 e. The standard InChI is InChI=1S/C17H20N4O3S/c1-12-14(21(23)24)10-15(25-12)17(22)19-11-13-6-5-7-18-16(13)20-8-3-2-4-9-20/h5-7,10H,2-4,8-9,11H2,1H3,(H,19,22). The van der Waals surface area contributed by atoms with Crippen LogP contribution in [-0.2, 0) is 6.54 Å². The summed E-state index contributed by atoms with van der Waals surface area (Å²) in [5, 5.41) is 13.8. The molecule has 0 aliphatic carbocycles. The molecule has 0 atom stereocenters. The third kappa shape index (κ3) is 3.96. The first-order valence-corrected chi connectivity index (χ1v) is 9.10. The Hall–Kier alpha value is -2.48. The van der Waals surface area contributed by atoms with Crippen molar-refractivity contribution in [1.29, 1.82) is 0 Å². The highest BCUT2D eigenvalue weighted by Crippen LogP contribution is 2.28. The summed E-state index contributed by atoms with van der Waals surface area (Å²) >= 11 is 1.14. The van der Waals surface area contributed by atoms with Crippen LogP contribution in [-0.4, -0.2) is 28.9 Å². The molecule has 3 heterocycles. The Balaban J connectivity index is 1.70. The van der Waals surface area contributed by atoms with Gasteiger partial charge in [0, 0.05) is 37.5 Å². The summed E-state index contributed by atoms with van der Waals surface area (Å²) in [6, 6.07) is 5.15. The minimum Gasteiger partial charge on any atom is -0.356 e. The fourth-order valence-corrected chi connectivity index (χ4v) is 3.89. The molecule has 0 radical (unpaired) electrons. The Morgan fingerprint density at radius 3 is 2.84 bits per heavy atom. The molecule has 0 saturated carbocycles. The van der Waals surface area contributed by atoms with Gasteiger partial charge in [0.1, 0.15) is 5.82 Å². The average molecular weight is 360 g/mol. The summed E-state index contributed by atoms with van der Waals surface area (Å²) in [6.45, 7) is 3.96. The monoisotopic (exact) mass is 360 g/mol. The second-order valence-electron chi connectivity index (χ2n) is 6.03. The van der Waals surface area contributed by atoms with Crippen molar-refractivity contribution in [2.45, 2.75) is 32.7 Å². The maximum atomic E-state index is 12.3. The Morgan fingerprint density at radius 1 is 1.40 bits per heavy atom. The highest BCUT2D eigenvalue weighted by atomic mass is 32.1. The zero-order valence-corrected chi connectivity index (χ0v) is 14.8. The van der Waals surface area contributed by atoms with Crippen molar-refractivity contribution in [3.63, 3.8) is 0 Å². The number of nitro groups is 1. The lowest BCUT2D eigenvalue weighted by molar-refractivity contribution is -0.385. The molecule has 1 saturated heterocycles. The van der Waals surface area contributed by atoms with E-state index in [2.05, 4.69) is 15.2 Å². The van der Waals surface area contributed by atoms with Crippen molar-refractivity contribution in [2.75, 3.05) is 18.0 Å². The summed E-state index contributed by atoms with van der Waals surface area (Å²) in [5.74, 6) is 0.616. The second kappa shape index (κ2) is 7.60. The summed E-state index contributed by atoms with van der Waals surface area (Å²) in [5.41, 5.74) is 0.950. The molecule has 0 aromatic carbocycles. The van der Waals surface area contributed by atoms with Crippen molar-refractivity contribution < 1.29 is 9.72 Å². The molecule has 0 spiro atoms. The first-order valence-electron chi connectivity index (χ1n) is 8.28. The largest absolute Gasteiger partial charge is 0.356 e. The van der Waals surface area contributed by atoms with Gasteiger partial charge in [-0.2, -0.15) is 0 Å². The molecule has 8 heteroatoms. The van der Waals surface area contributed by atoms with Crippen LogP contribution in [0.25, 0.3) is 0 Å². The van der Waals surface area contributed by atoms with Gasteiger partial charge in [-0.3, -0.25) is 14.9 Å². The van der Waals surface area contributed by atoms with Crippen molar-refractivity contribution in [3.8, 4) is 0 Å². The molecule has 1 aliphatic heterocycles. The first-order chi connectivity index (χ1) is 12.1. The van der Waals surface area contributed by atoms with E-state index < -0.39 is 4.92 Å². The number of amides is 1. The number of piperidine rings is 1. The van der Waals surface area contributed by atoms with E-state index in [0.717, 1.165) is 48.6 Å². The lowest BCUT2D eigenvalue weighted by atomic mass is 10.1. The number of thiophene rings is 1. The predicted molar refractivity (Wildman–Crippen MR) is 97.2 cm³/mol. The number of aryl methyl sites for hydroxylation is 1. The lowest BCUT2D eigenvalue weighted by Crippen LogP contribution is -2.32. The number of nitrogens with zero attached hydrogens (tertiary/aromatic N) is 3. The number of rotatable bonds is 5. The highest BCUT2D eigenvalue weighted by molar-refractivity contribution is 7.14. The van der Waals surface area contributed by atoms with Crippen LogP contribution in [0, 0.1) is 17.0 Å². The van der Waals surface area contributed by atoms with Crippen molar-refractivity contribution in [3.05, 3.63) is 49.8 Å². The van der Waals surface area contributed by atoms with Gasteiger partial charge < -0.3 is 10.2 Å². The van der Waals surface area contributed by atoms with Gasteiger partial charge in [-0.05, 0) is 32.3 Å². The fourth-order valence-electron chi connectivity index (χ4n) is 2.99. The topological polar surface area (TPSA) is 88.4 Å². The van der Waals surface area contributed by atoms with Crippen LogP contribution in [0.1, 0.15) is 39.4 Å². The molecule has 2 aromatic rings. The van der Waals surface area contributed by atoms with E-state index in [-0.39, 0.29) is 11.6 Å². The van der Waals surface area contributed by atoms with Gasteiger partial charge in [-0.15, -0.1) is 11.3 Å². The third-order valence-corrected chi connectivity index (χ3v) is 5.31. The molecule has 1 aliphatic rings. The Kier molecular flexibility index (Phi) is 5.28. The Bertz CT molecular complexity index is 784. The van der Waals surface area contributed by atoms with Crippen LogP contribution in [0.2, 0.25) is 0 Å². The van der Waals surface area contributed by atoms with Gasteiger partial charge in [0.2, 0.25) is 0 Å². The smallest absolute Gasteiger partial charge is 0.283 e. The van der Waals surface area contributed by atoms with E-state index in [9.17, 15) is 14.9 Å². The van der Waals surface area contributed by atoms with Gasteiger partial charge in [-0.25, -0.2) is 4.98 Å². The molecule has 0 unspecified atom stereocenters. The summed E-state index contributed by atoms with van der Waals surface area (Å²) in [6.07, 6.45) is 5.31. The molecular formula is C17H20N4O3S. The number of pyridine rings is 1.